The van der Waals surface area contributed by atoms with Crippen LogP contribution in [0.5, 0.6) is 0 Å². The molecule has 12 heavy (non-hydrogen) atoms. The fraction of sp³-hybridized carbons (Fsp3) is 0.500. The molecule has 1 heterocycles. The molecule has 0 aliphatic heterocycles. The maximum Gasteiger partial charge on any atom is 0.226 e. The van der Waals surface area contributed by atoms with E-state index in [-0.39, 0.29) is 5.82 Å². The van der Waals surface area contributed by atoms with Crippen LogP contribution in [0.4, 0.5) is 5.95 Å². The summed E-state index contributed by atoms with van der Waals surface area (Å²) in [5.74, 6) is 0.288. The van der Waals surface area contributed by atoms with Crippen LogP contribution in [0.25, 0.3) is 0 Å². The van der Waals surface area contributed by atoms with Crippen molar-refractivity contribution in [3.05, 3.63) is 12.2 Å². The van der Waals surface area contributed by atoms with E-state index in [1.807, 2.05) is 6.92 Å². The Morgan fingerprint density at radius 3 is 2.83 bits per heavy atom. The minimum atomic E-state index is -1.65. The molecule has 3 N–H and O–H groups in total. The summed E-state index contributed by atoms with van der Waals surface area (Å²) in [6.07, 6.45) is -0.426. The molecule has 6 nitrogen and oxygen atoms in total. The monoisotopic (exact) mass is 170 g/mol. The van der Waals surface area contributed by atoms with Crippen LogP contribution in [0.15, 0.2) is 6.33 Å². The normalized spacial score (nSPS) is 10.3. The van der Waals surface area contributed by atoms with Gasteiger partial charge in [0.25, 0.3) is 0 Å². The molecule has 0 unspecified atom stereocenters. The van der Waals surface area contributed by atoms with Gasteiger partial charge in [-0.05, 0) is 6.92 Å². The van der Waals surface area contributed by atoms with E-state index in [4.69, 9.17) is 10.2 Å². The van der Waals surface area contributed by atoms with Gasteiger partial charge in [0.2, 0.25) is 12.2 Å². The molecule has 0 saturated heterocycles. The third-order valence-electron chi connectivity index (χ3n) is 1.16. The SMILES string of the molecule is CCNc1ncnc(C(O)O)n1. The Bertz CT molecular complexity index is 253. The summed E-state index contributed by atoms with van der Waals surface area (Å²) in [7, 11) is 0. The third-order valence-corrected chi connectivity index (χ3v) is 1.16. The summed E-state index contributed by atoms with van der Waals surface area (Å²) < 4.78 is 0. The van der Waals surface area contributed by atoms with Crippen LogP contribution in [0.3, 0.4) is 0 Å². The van der Waals surface area contributed by atoms with Gasteiger partial charge in [0, 0.05) is 6.54 Å². The van der Waals surface area contributed by atoms with Crippen molar-refractivity contribution in [3.8, 4) is 0 Å². The molecule has 0 radical (unpaired) electrons. The number of aliphatic hydroxyl groups is 2. The predicted molar refractivity (Wildman–Crippen MR) is 41.2 cm³/mol. The van der Waals surface area contributed by atoms with Gasteiger partial charge < -0.3 is 15.5 Å². The van der Waals surface area contributed by atoms with E-state index in [1.54, 1.807) is 0 Å². The number of hydrogen-bond donors (Lipinski definition) is 3. The number of nitrogens with zero attached hydrogens (tertiary/aromatic N) is 3. The molecule has 0 bridgehead atoms. The minimum Gasteiger partial charge on any atom is -0.362 e. The lowest BCUT2D eigenvalue weighted by Gasteiger charge is -2.03. The van der Waals surface area contributed by atoms with Gasteiger partial charge in [-0.15, -0.1) is 0 Å². The second kappa shape index (κ2) is 3.93. The highest BCUT2D eigenvalue weighted by molar-refractivity contribution is 5.21. The lowest BCUT2D eigenvalue weighted by Crippen LogP contribution is -2.08. The zero-order valence-electron chi connectivity index (χ0n) is 6.60. The molecule has 0 spiro atoms. The summed E-state index contributed by atoms with van der Waals surface area (Å²) in [6.45, 7) is 2.56. The first-order valence-corrected chi connectivity index (χ1v) is 3.53. The Labute approximate surface area is 69.3 Å². The summed E-state index contributed by atoms with van der Waals surface area (Å²) in [5.41, 5.74) is 0. The Morgan fingerprint density at radius 1 is 1.50 bits per heavy atom. The van der Waals surface area contributed by atoms with Gasteiger partial charge in [-0.1, -0.05) is 0 Å². The van der Waals surface area contributed by atoms with E-state index in [1.165, 1.54) is 6.33 Å². The van der Waals surface area contributed by atoms with Crippen LogP contribution in [0.1, 0.15) is 19.0 Å². The number of aromatic nitrogens is 3. The van der Waals surface area contributed by atoms with E-state index >= 15 is 0 Å². The van der Waals surface area contributed by atoms with Gasteiger partial charge in [0.15, 0.2) is 5.82 Å². The summed E-state index contributed by atoms with van der Waals surface area (Å²) in [6, 6.07) is 0. The van der Waals surface area contributed by atoms with Crippen molar-refractivity contribution < 1.29 is 10.2 Å². The van der Waals surface area contributed by atoms with Gasteiger partial charge in [-0.3, -0.25) is 0 Å². The molecule has 1 aromatic heterocycles. The molecule has 0 amide bonds. The Hall–Kier alpha value is -1.27. The average Bonchev–Trinajstić information content (AvgIpc) is 2.05. The fourth-order valence-electron chi connectivity index (χ4n) is 0.677. The second-order valence-electron chi connectivity index (χ2n) is 2.07. The predicted octanol–water partition coefficient (Wildman–Crippen LogP) is -0.713. The lowest BCUT2D eigenvalue weighted by atomic mass is 10.6. The minimum absolute atomic E-state index is 0.0547. The largest absolute Gasteiger partial charge is 0.362 e. The molecule has 0 aliphatic carbocycles. The van der Waals surface area contributed by atoms with E-state index in [0.29, 0.717) is 12.5 Å². The maximum atomic E-state index is 8.69. The quantitative estimate of drug-likeness (QED) is 0.519. The smallest absolute Gasteiger partial charge is 0.226 e. The van der Waals surface area contributed by atoms with E-state index in [2.05, 4.69) is 20.3 Å². The van der Waals surface area contributed by atoms with Crippen molar-refractivity contribution in [2.24, 2.45) is 0 Å². The highest BCUT2D eigenvalue weighted by atomic mass is 16.5. The molecular formula is C6H10N4O2. The van der Waals surface area contributed by atoms with Gasteiger partial charge in [-0.2, -0.15) is 4.98 Å². The van der Waals surface area contributed by atoms with Crippen molar-refractivity contribution in [1.29, 1.82) is 0 Å². The second-order valence-corrected chi connectivity index (χ2v) is 2.07. The average molecular weight is 170 g/mol. The molecule has 6 heteroatoms. The zero-order chi connectivity index (χ0) is 8.97. The number of hydrogen-bond acceptors (Lipinski definition) is 6. The first-order chi connectivity index (χ1) is 5.74. The molecule has 1 aromatic rings. The molecule has 0 fully saturated rings. The summed E-state index contributed by atoms with van der Waals surface area (Å²) >= 11 is 0. The molecule has 1 rings (SSSR count). The number of rotatable bonds is 3. The number of anilines is 1. The van der Waals surface area contributed by atoms with Crippen LogP contribution < -0.4 is 5.32 Å². The highest BCUT2D eigenvalue weighted by Crippen LogP contribution is 2.03. The molecule has 0 atom stereocenters. The van der Waals surface area contributed by atoms with Crippen molar-refractivity contribution >= 4 is 5.95 Å². The molecule has 0 aliphatic rings. The Balaban J connectivity index is 2.81. The van der Waals surface area contributed by atoms with Gasteiger partial charge in [0.05, 0.1) is 0 Å². The van der Waals surface area contributed by atoms with Crippen molar-refractivity contribution in [2.45, 2.75) is 13.2 Å². The van der Waals surface area contributed by atoms with Gasteiger partial charge >= 0.3 is 0 Å². The van der Waals surface area contributed by atoms with Crippen LogP contribution in [0, 0.1) is 0 Å². The first-order valence-electron chi connectivity index (χ1n) is 3.53. The van der Waals surface area contributed by atoms with Crippen LogP contribution >= 0.6 is 0 Å². The van der Waals surface area contributed by atoms with Gasteiger partial charge in [-0.25, -0.2) is 9.97 Å². The first kappa shape index (κ1) is 8.82. The number of aliphatic hydroxyl groups excluding tert-OH is 1. The number of nitrogens with one attached hydrogen (secondary N) is 1. The standard InChI is InChI=1S/C6H10N4O2/c1-2-7-6-9-3-8-4(10-6)5(11)12/h3,5,11-12H,2H2,1H3,(H,7,8,9,10). The van der Waals surface area contributed by atoms with E-state index < -0.39 is 6.29 Å². The van der Waals surface area contributed by atoms with Crippen molar-refractivity contribution in [1.82, 2.24) is 15.0 Å². The van der Waals surface area contributed by atoms with E-state index in [9.17, 15) is 0 Å². The van der Waals surface area contributed by atoms with Crippen LogP contribution in [-0.2, 0) is 0 Å². The zero-order valence-corrected chi connectivity index (χ0v) is 6.60. The molecule has 0 aromatic carbocycles. The maximum absolute atomic E-state index is 8.69. The van der Waals surface area contributed by atoms with Crippen molar-refractivity contribution in [2.75, 3.05) is 11.9 Å². The highest BCUT2D eigenvalue weighted by Gasteiger charge is 2.06. The van der Waals surface area contributed by atoms with Gasteiger partial charge in [0.1, 0.15) is 6.33 Å². The fourth-order valence-corrected chi connectivity index (χ4v) is 0.677. The summed E-state index contributed by atoms with van der Waals surface area (Å²) in [5, 5.41) is 20.2. The molecule has 66 valence electrons. The van der Waals surface area contributed by atoms with Crippen LogP contribution in [-0.4, -0.2) is 31.7 Å². The summed E-state index contributed by atoms with van der Waals surface area (Å²) in [4.78, 5) is 11.0. The molecule has 0 saturated carbocycles. The van der Waals surface area contributed by atoms with Crippen LogP contribution in [0.2, 0.25) is 0 Å². The topological polar surface area (TPSA) is 91.2 Å². The lowest BCUT2D eigenvalue weighted by molar-refractivity contribution is -0.0494. The third kappa shape index (κ3) is 2.11. The van der Waals surface area contributed by atoms with E-state index in [0.717, 1.165) is 0 Å². The molecular weight excluding hydrogens is 160 g/mol. The van der Waals surface area contributed by atoms with Crippen molar-refractivity contribution in [3.63, 3.8) is 0 Å². The Morgan fingerprint density at radius 2 is 2.25 bits per heavy atom. The Kier molecular flexibility index (Phi) is 2.89.